The maximum absolute atomic E-state index is 5.56. The van der Waals surface area contributed by atoms with E-state index in [1.807, 2.05) is 18.2 Å². The summed E-state index contributed by atoms with van der Waals surface area (Å²) in [6, 6.07) is 10.2. The van der Waals surface area contributed by atoms with Gasteiger partial charge < -0.3 is 5.73 Å². The second kappa shape index (κ2) is 4.23. The van der Waals surface area contributed by atoms with Crippen LogP contribution in [0.4, 0.5) is 5.13 Å². The molecule has 3 rings (SSSR count). The zero-order chi connectivity index (χ0) is 12.5. The van der Waals surface area contributed by atoms with Crippen LogP contribution in [0.2, 0.25) is 0 Å². The van der Waals surface area contributed by atoms with Gasteiger partial charge in [-0.05, 0) is 13.0 Å². The predicted octanol–water partition coefficient (Wildman–Crippen LogP) is 2.49. The van der Waals surface area contributed by atoms with Gasteiger partial charge in [0, 0.05) is 5.56 Å². The number of nitrogen functional groups attached to an aromatic ring is 1. The molecule has 18 heavy (non-hydrogen) atoms. The Morgan fingerprint density at radius 2 is 1.94 bits per heavy atom. The highest BCUT2D eigenvalue weighted by atomic mass is 32.1. The lowest BCUT2D eigenvalue weighted by molar-refractivity contribution is 1.06. The third-order valence-electron chi connectivity index (χ3n) is 2.60. The van der Waals surface area contributed by atoms with Crippen LogP contribution in [0.3, 0.4) is 0 Å². The van der Waals surface area contributed by atoms with Gasteiger partial charge in [0.05, 0.1) is 11.4 Å². The minimum Gasteiger partial charge on any atom is -0.374 e. The molecule has 3 aromatic rings. The lowest BCUT2D eigenvalue weighted by Crippen LogP contribution is -1.80. The van der Waals surface area contributed by atoms with Crippen molar-refractivity contribution in [3.8, 4) is 22.0 Å². The van der Waals surface area contributed by atoms with E-state index in [2.05, 4.69) is 39.5 Å². The Hall–Kier alpha value is -2.21. The average Bonchev–Trinajstić information content (AvgIpc) is 2.98. The van der Waals surface area contributed by atoms with Crippen LogP contribution in [0.1, 0.15) is 5.56 Å². The van der Waals surface area contributed by atoms with Crippen LogP contribution in [0.15, 0.2) is 30.3 Å². The molecule has 0 aliphatic heterocycles. The number of H-pyrrole nitrogens is 1. The molecule has 1 aromatic carbocycles. The molecular weight excluding hydrogens is 246 g/mol. The van der Waals surface area contributed by atoms with Crippen LogP contribution < -0.4 is 5.73 Å². The number of benzene rings is 1. The summed E-state index contributed by atoms with van der Waals surface area (Å²) in [5.74, 6) is 0. The summed E-state index contributed by atoms with van der Waals surface area (Å²) in [5.41, 5.74) is 9.58. The first kappa shape index (κ1) is 10.9. The van der Waals surface area contributed by atoms with Crippen LogP contribution in [-0.2, 0) is 0 Å². The number of aromatic nitrogens is 4. The fraction of sp³-hybridized carbons (Fsp3) is 0.0833. The van der Waals surface area contributed by atoms with Gasteiger partial charge in [-0.15, -0.1) is 10.2 Å². The summed E-state index contributed by atoms with van der Waals surface area (Å²) in [7, 11) is 0. The van der Waals surface area contributed by atoms with Gasteiger partial charge in [0.25, 0.3) is 0 Å². The third kappa shape index (κ3) is 1.98. The molecule has 6 heteroatoms. The third-order valence-corrected chi connectivity index (χ3v) is 3.38. The van der Waals surface area contributed by atoms with Gasteiger partial charge in [-0.3, -0.25) is 5.10 Å². The van der Waals surface area contributed by atoms with Crippen LogP contribution in [0.5, 0.6) is 0 Å². The molecule has 0 saturated carbocycles. The van der Waals surface area contributed by atoms with E-state index >= 15 is 0 Å². The van der Waals surface area contributed by atoms with Crippen LogP contribution in [0, 0.1) is 6.92 Å². The molecule has 0 unspecified atom stereocenters. The van der Waals surface area contributed by atoms with E-state index in [-0.39, 0.29) is 0 Å². The summed E-state index contributed by atoms with van der Waals surface area (Å²) < 4.78 is 0. The highest BCUT2D eigenvalue weighted by Crippen LogP contribution is 2.26. The SMILES string of the molecule is Cc1ccc(-c2cc(-c3nnc(N)s3)[nH]n2)cc1. The maximum Gasteiger partial charge on any atom is 0.203 e. The van der Waals surface area contributed by atoms with Gasteiger partial charge in [-0.1, -0.05) is 41.2 Å². The summed E-state index contributed by atoms with van der Waals surface area (Å²) in [4.78, 5) is 0. The second-order valence-corrected chi connectivity index (χ2v) is 4.99. The highest BCUT2D eigenvalue weighted by Gasteiger charge is 2.09. The molecule has 0 atom stereocenters. The molecule has 0 radical (unpaired) electrons. The van der Waals surface area contributed by atoms with E-state index in [0.29, 0.717) is 5.13 Å². The van der Waals surface area contributed by atoms with Crippen molar-refractivity contribution in [1.82, 2.24) is 20.4 Å². The van der Waals surface area contributed by atoms with Gasteiger partial charge in [0.2, 0.25) is 5.13 Å². The predicted molar refractivity (Wildman–Crippen MR) is 72.1 cm³/mol. The normalized spacial score (nSPS) is 10.7. The van der Waals surface area contributed by atoms with E-state index in [1.165, 1.54) is 16.9 Å². The van der Waals surface area contributed by atoms with Crippen molar-refractivity contribution in [2.45, 2.75) is 6.92 Å². The van der Waals surface area contributed by atoms with E-state index in [1.54, 1.807) is 0 Å². The van der Waals surface area contributed by atoms with Crippen molar-refractivity contribution < 1.29 is 0 Å². The summed E-state index contributed by atoms with van der Waals surface area (Å²) >= 11 is 1.34. The largest absolute Gasteiger partial charge is 0.374 e. The Labute approximate surface area is 108 Å². The molecule has 5 nitrogen and oxygen atoms in total. The smallest absolute Gasteiger partial charge is 0.203 e. The first-order valence-electron chi connectivity index (χ1n) is 5.44. The number of aromatic amines is 1. The molecule has 0 aliphatic rings. The maximum atomic E-state index is 5.56. The standard InChI is InChI=1S/C12H11N5S/c1-7-2-4-8(5-3-7)9-6-10(15-14-9)11-16-17-12(13)18-11/h2-6H,1H3,(H2,13,17)(H,14,15). The minimum atomic E-state index is 0.455. The number of rotatable bonds is 2. The molecule has 2 heterocycles. The first-order valence-corrected chi connectivity index (χ1v) is 6.26. The van der Waals surface area contributed by atoms with Crippen molar-refractivity contribution in [2.24, 2.45) is 0 Å². The quantitative estimate of drug-likeness (QED) is 0.739. The lowest BCUT2D eigenvalue weighted by Gasteiger charge is -1.95. The number of aryl methyl sites for hydroxylation is 1. The molecule has 3 N–H and O–H groups in total. The monoisotopic (exact) mass is 257 g/mol. The molecule has 0 fully saturated rings. The van der Waals surface area contributed by atoms with Crippen molar-refractivity contribution in [2.75, 3.05) is 5.73 Å². The van der Waals surface area contributed by atoms with Gasteiger partial charge in [-0.2, -0.15) is 5.10 Å². The zero-order valence-corrected chi connectivity index (χ0v) is 10.5. The molecule has 0 aliphatic carbocycles. The van der Waals surface area contributed by atoms with E-state index in [0.717, 1.165) is 22.0 Å². The van der Waals surface area contributed by atoms with Gasteiger partial charge in [0.1, 0.15) is 0 Å². The first-order chi connectivity index (χ1) is 8.72. The second-order valence-electron chi connectivity index (χ2n) is 3.98. The molecule has 90 valence electrons. The number of anilines is 1. The minimum absolute atomic E-state index is 0.455. The Kier molecular flexibility index (Phi) is 2.56. The lowest BCUT2D eigenvalue weighted by atomic mass is 10.1. The Balaban J connectivity index is 1.96. The van der Waals surface area contributed by atoms with Crippen LogP contribution >= 0.6 is 11.3 Å². The fourth-order valence-electron chi connectivity index (χ4n) is 1.65. The van der Waals surface area contributed by atoms with Gasteiger partial charge in [-0.25, -0.2) is 0 Å². The van der Waals surface area contributed by atoms with E-state index in [9.17, 15) is 0 Å². The molecule has 0 bridgehead atoms. The molecule has 2 aromatic heterocycles. The summed E-state index contributed by atoms with van der Waals surface area (Å²) in [6.45, 7) is 2.06. The van der Waals surface area contributed by atoms with Crippen molar-refractivity contribution >= 4 is 16.5 Å². The number of hydrogen-bond acceptors (Lipinski definition) is 5. The number of nitrogens with zero attached hydrogens (tertiary/aromatic N) is 3. The molecule has 0 amide bonds. The summed E-state index contributed by atoms with van der Waals surface area (Å²) in [6.07, 6.45) is 0. The van der Waals surface area contributed by atoms with Crippen molar-refractivity contribution in [1.29, 1.82) is 0 Å². The van der Waals surface area contributed by atoms with E-state index in [4.69, 9.17) is 5.73 Å². The number of nitrogens with two attached hydrogens (primary N) is 1. The topological polar surface area (TPSA) is 80.5 Å². The Morgan fingerprint density at radius 3 is 2.61 bits per heavy atom. The average molecular weight is 257 g/mol. The number of nitrogens with one attached hydrogen (secondary N) is 1. The van der Waals surface area contributed by atoms with Crippen molar-refractivity contribution in [3.63, 3.8) is 0 Å². The fourth-order valence-corrected chi connectivity index (χ4v) is 2.22. The summed E-state index contributed by atoms with van der Waals surface area (Å²) in [5, 5.41) is 16.2. The van der Waals surface area contributed by atoms with Crippen LogP contribution in [0.25, 0.3) is 22.0 Å². The molecule has 0 saturated heterocycles. The number of hydrogen-bond donors (Lipinski definition) is 2. The Bertz CT molecular complexity index is 668. The van der Waals surface area contributed by atoms with Gasteiger partial charge in [0.15, 0.2) is 5.01 Å². The van der Waals surface area contributed by atoms with Crippen molar-refractivity contribution in [3.05, 3.63) is 35.9 Å². The molecular formula is C12H11N5S. The van der Waals surface area contributed by atoms with E-state index < -0.39 is 0 Å². The Morgan fingerprint density at radius 1 is 1.17 bits per heavy atom. The van der Waals surface area contributed by atoms with Gasteiger partial charge >= 0.3 is 0 Å². The highest BCUT2D eigenvalue weighted by molar-refractivity contribution is 7.18. The molecule has 0 spiro atoms. The zero-order valence-electron chi connectivity index (χ0n) is 9.71. The van der Waals surface area contributed by atoms with Crippen LogP contribution in [-0.4, -0.2) is 20.4 Å².